The van der Waals surface area contributed by atoms with Crippen molar-refractivity contribution in [3.63, 3.8) is 0 Å². The van der Waals surface area contributed by atoms with Crippen LogP contribution in [0.15, 0.2) is 11.0 Å². The molecule has 60 valence electrons. The van der Waals surface area contributed by atoms with Gasteiger partial charge in [-0.3, -0.25) is 4.79 Å². The lowest BCUT2D eigenvalue weighted by atomic mass is 10.2. The molecule has 0 bridgehead atoms. The highest BCUT2D eigenvalue weighted by Gasteiger charge is 2.03. The lowest BCUT2D eigenvalue weighted by molar-refractivity contribution is 0.700. The molecule has 0 radical (unpaired) electrons. The number of nitrogens with zero attached hydrogens (tertiary/aromatic N) is 2. The summed E-state index contributed by atoms with van der Waals surface area (Å²) in [5, 5.41) is 4.11. The summed E-state index contributed by atoms with van der Waals surface area (Å²) in [6, 6.07) is 0. The minimum absolute atomic E-state index is 0.231. The van der Waals surface area contributed by atoms with Crippen LogP contribution in [-0.2, 0) is 13.5 Å². The molecule has 0 aliphatic heterocycles. The maximum Gasteiger partial charge on any atom is 0.285 e. The first-order chi connectivity index (χ1) is 5.16. The van der Waals surface area contributed by atoms with Gasteiger partial charge in [0.2, 0.25) is 0 Å². The third-order valence-corrected chi connectivity index (χ3v) is 1.94. The van der Waals surface area contributed by atoms with Crippen LogP contribution < -0.4 is 5.56 Å². The normalized spacial score (nSPS) is 10.1. The van der Waals surface area contributed by atoms with Gasteiger partial charge in [0, 0.05) is 7.05 Å². The molecule has 3 nitrogen and oxygen atoms in total. The number of hydrogen-bond donors (Lipinski definition) is 0. The number of halogens is 1. The van der Waals surface area contributed by atoms with Gasteiger partial charge in [0.15, 0.2) is 0 Å². The van der Waals surface area contributed by atoms with Crippen molar-refractivity contribution >= 4 is 11.6 Å². The second kappa shape index (κ2) is 3.05. The predicted molar refractivity (Wildman–Crippen MR) is 43.9 cm³/mol. The molecule has 4 heteroatoms. The van der Waals surface area contributed by atoms with Crippen LogP contribution in [0.4, 0.5) is 0 Å². The van der Waals surface area contributed by atoms with Crippen LogP contribution in [0.2, 0.25) is 5.02 Å². The van der Waals surface area contributed by atoms with Crippen LogP contribution in [0.1, 0.15) is 12.5 Å². The number of aryl methyl sites for hydroxylation is 2. The van der Waals surface area contributed by atoms with Crippen molar-refractivity contribution in [2.24, 2.45) is 7.05 Å². The molecular formula is C7H9ClN2O. The zero-order valence-corrected chi connectivity index (χ0v) is 7.22. The van der Waals surface area contributed by atoms with Gasteiger partial charge >= 0.3 is 0 Å². The van der Waals surface area contributed by atoms with E-state index in [1.165, 1.54) is 4.68 Å². The Labute approximate surface area is 69.6 Å². The molecule has 1 heterocycles. The molecule has 0 unspecified atom stereocenters. The predicted octanol–water partition coefficient (Wildman–Crippen LogP) is 0.996. The smallest absolute Gasteiger partial charge is 0.266 e. The Morgan fingerprint density at radius 1 is 1.73 bits per heavy atom. The topological polar surface area (TPSA) is 34.9 Å². The highest BCUT2D eigenvalue weighted by atomic mass is 35.5. The Bertz CT molecular complexity index is 319. The molecule has 0 aromatic carbocycles. The van der Waals surface area contributed by atoms with Gasteiger partial charge in [-0.1, -0.05) is 18.5 Å². The first-order valence-corrected chi connectivity index (χ1v) is 3.75. The SMILES string of the molecule is CCc1cnn(C)c(=O)c1Cl. The Kier molecular flexibility index (Phi) is 2.29. The molecule has 1 aromatic heterocycles. The summed E-state index contributed by atoms with van der Waals surface area (Å²) in [6.07, 6.45) is 2.35. The minimum atomic E-state index is -0.231. The fourth-order valence-corrected chi connectivity index (χ4v) is 1.10. The largest absolute Gasteiger partial charge is 0.285 e. The van der Waals surface area contributed by atoms with Crippen molar-refractivity contribution in [2.45, 2.75) is 13.3 Å². The van der Waals surface area contributed by atoms with Gasteiger partial charge in [0.25, 0.3) is 5.56 Å². The summed E-state index contributed by atoms with van der Waals surface area (Å²) in [6.45, 7) is 1.93. The number of rotatable bonds is 1. The number of aromatic nitrogens is 2. The standard InChI is InChI=1S/C7H9ClN2O/c1-3-5-4-9-10(2)7(11)6(5)8/h4H,3H2,1-2H3. The summed E-state index contributed by atoms with van der Waals surface area (Å²) in [5.74, 6) is 0. The maximum absolute atomic E-state index is 11.1. The van der Waals surface area contributed by atoms with E-state index < -0.39 is 0 Å². The fraction of sp³-hybridized carbons (Fsp3) is 0.429. The molecule has 0 saturated carbocycles. The lowest BCUT2D eigenvalue weighted by Crippen LogP contribution is -2.20. The van der Waals surface area contributed by atoms with E-state index in [1.807, 2.05) is 6.92 Å². The highest BCUT2D eigenvalue weighted by Crippen LogP contribution is 2.08. The van der Waals surface area contributed by atoms with Crippen LogP contribution >= 0.6 is 11.6 Å². The van der Waals surface area contributed by atoms with Crippen LogP contribution in [0.3, 0.4) is 0 Å². The molecule has 0 N–H and O–H groups in total. The molecule has 0 spiro atoms. The number of hydrogen-bond acceptors (Lipinski definition) is 2. The Hall–Kier alpha value is -0.830. The van der Waals surface area contributed by atoms with Crippen molar-refractivity contribution in [1.82, 2.24) is 9.78 Å². The van der Waals surface area contributed by atoms with Gasteiger partial charge in [0.1, 0.15) is 5.02 Å². The van der Waals surface area contributed by atoms with E-state index in [1.54, 1.807) is 13.2 Å². The Morgan fingerprint density at radius 2 is 2.36 bits per heavy atom. The van der Waals surface area contributed by atoms with Crippen molar-refractivity contribution in [3.05, 3.63) is 27.1 Å². The second-order valence-corrected chi connectivity index (χ2v) is 2.64. The van der Waals surface area contributed by atoms with Crippen molar-refractivity contribution in [2.75, 3.05) is 0 Å². The van der Waals surface area contributed by atoms with Crippen LogP contribution in [0.25, 0.3) is 0 Å². The Balaban J connectivity index is 3.37. The monoisotopic (exact) mass is 172 g/mol. The van der Waals surface area contributed by atoms with Crippen molar-refractivity contribution < 1.29 is 0 Å². The van der Waals surface area contributed by atoms with E-state index in [9.17, 15) is 4.79 Å². The zero-order chi connectivity index (χ0) is 8.43. The minimum Gasteiger partial charge on any atom is -0.266 e. The van der Waals surface area contributed by atoms with Crippen molar-refractivity contribution in [3.8, 4) is 0 Å². The van der Waals surface area contributed by atoms with E-state index >= 15 is 0 Å². The van der Waals surface area contributed by atoms with Gasteiger partial charge in [0.05, 0.1) is 6.20 Å². The van der Waals surface area contributed by atoms with Crippen LogP contribution in [-0.4, -0.2) is 9.78 Å². The van der Waals surface area contributed by atoms with E-state index in [0.717, 1.165) is 12.0 Å². The molecule has 1 rings (SSSR count). The quantitative estimate of drug-likeness (QED) is 0.634. The average Bonchev–Trinajstić information content (AvgIpc) is 2.01. The summed E-state index contributed by atoms with van der Waals surface area (Å²) in [4.78, 5) is 11.1. The molecule has 0 atom stereocenters. The molecule has 0 amide bonds. The summed E-state index contributed by atoms with van der Waals surface area (Å²) in [5.41, 5.74) is 0.570. The molecular weight excluding hydrogens is 164 g/mol. The van der Waals surface area contributed by atoms with Gasteiger partial charge < -0.3 is 0 Å². The van der Waals surface area contributed by atoms with Crippen LogP contribution in [0.5, 0.6) is 0 Å². The average molecular weight is 173 g/mol. The molecule has 0 fully saturated rings. The summed E-state index contributed by atoms with van der Waals surface area (Å²) < 4.78 is 1.22. The van der Waals surface area contributed by atoms with E-state index in [2.05, 4.69) is 5.10 Å². The Morgan fingerprint density at radius 3 is 2.91 bits per heavy atom. The third kappa shape index (κ3) is 1.43. The van der Waals surface area contributed by atoms with Crippen LogP contribution in [0, 0.1) is 0 Å². The second-order valence-electron chi connectivity index (χ2n) is 2.27. The highest BCUT2D eigenvalue weighted by molar-refractivity contribution is 6.31. The molecule has 11 heavy (non-hydrogen) atoms. The zero-order valence-electron chi connectivity index (χ0n) is 6.47. The summed E-state index contributed by atoms with van der Waals surface area (Å²) >= 11 is 5.73. The molecule has 0 aliphatic carbocycles. The first kappa shape index (κ1) is 8.27. The molecule has 1 aromatic rings. The molecule has 0 aliphatic rings. The van der Waals surface area contributed by atoms with Gasteiger partial charge in [-0.15, -0.1) is 0 Å². The van der Waals surface area contributed by atoms with E-state index in [0.29, 0.717) is 0 Å². The van der Waals surface area contributed by atoms with Gasteiger partial charge in [-0.05, 0) is 12.0 Å². The van der Waals surface area contributed by atoms with E-state index in [4.69, 9.17) is 11.6 Å². The van der Waals surface area contributed by atoms with Crippen molar-refractivity contribution in [1.29, 1.82) is 0 Å². The fourth-order valence-electron chi connectivity index (χ4n) is 0.791. The van der Waals surface area contributed by atoms with Gasteiger partial charge in [-0.2, -0.15) is 5.10 Å². The lowest BCUT2D eigenvalue weighted by Gasteiger charge is -2.00. The molecule has 0 saturated heterocycles. The summed E-state index contributed by atoms with van der Waals surface area (Å²) in [7, 11) is 1.58. The maximum atomic E-state index is 11.1. The van der Waals surface area contributed by atoms with Gasteiger partial charge in [-0.25, -0.2) is 4.68 Å². The third-order valence-electron chi connectivity index (χ3n) is 1.53. The van der Waals surface area contributed by atoms with E-state index in [-0.39, 0.29) is 10.6 Å². The first-order valence-electron chi connectivity index (χ1n) is 3.37.